The molecule has 1 aliphatic rings. The molecular weight excluding hydrogens is 260 g/mol. The molecule has 0 aliphatic carbocycles. The van der Waals surface area contributed by atoms with Gasteiger partial charge < -0.3 is 10.2 Å². The SMILES string of the molecule is CC1CCN(CCNc2nccc(C#N)c2Cl)CC1. The standard InChI is InChI=1S/C14H19ClN4/c1-11-3-7-19(8-4-11)9-6-18-14-13(15)12(10-16)2-5-17-14/h2,5,11H,3-4,6-9H2,1H3,(H,17,18). The van der Waals surface area contributed by atoms with Crippen LogP contribution in [0.25, 0.3) is 0 Å². The minimum atomic E-state index is 0.414. The smallest absolute Gasteiger partial charge is 0.146 e. The highest BCUT2D eigenvalue weighted by Crippen LogP contribution is 2.22. The number of nitrogens with one attached hydrogen (secondary N) is 1. The number of nitrogens with zero attached hydrogens (tertiary/aromatic N) is 3. The van der Waals surface area contributed by atoms with Gasteiger partial charge in [-0.1, -0.05) is 18.5 Å². The van der Waals surface area contributed by atoms with E-state index in [4.69, 9.17) is 16.9 Å². The Morgan fingerprint density at radius 1 is 1.53 bits per heavy atom. The fraction of sp³-hybridized carbons (Fsp3) is 0.571. The third kappa shape index (κ3) is 3.82. The van der Waals surface area contributed by atoms with Crippen molar-refractivity contribution in [3.63, 3.8) is 0 Å². The molecule has 0 radical (unpaired) electrons. The maximum absolute atomic E-state index is 8.90. The molecule has 4 nitrogen and oxygen atoms in total. The van der Waals surface area contributed by atoms with E-state index in [9.17, 15) is 0 Å². The van der Waals surface area contributed by atoms with E-state index in [1.165, 1.54) is 25.9 Å². The lowest BCUT2D eigenvalue weighted by Gasteiger charge is -2.30. The third-order valence-corrected chi connectivity index (χ3v) is 3.99. The van der Waals surface area contributed by atoms with Gasteiger partial charge >= 0.3 is 0 Å². The number of likely N-dealkylation sites (tertiary alicyclic amines) is 1. The van der Waals surface area contributed by atoms with Crippen molar-refractivity contribution in [2.45, 2.75) is 19.8 Å². The van der Waals surface area contributed by atoms with E-state index in [1.807, 2.05) is 0 Å². The predicted octanol–water partition coefficient (Wildman–Crippen LogP) is 2.75. The highest BCUT2D eigenvalue weighted by molar-refractivity contribution is 6.34. The summed E-state index contributed by atoms with van der Waals surface area (Å²) in [5.74, 6) is 1.46. The van der Waals surface area contributed by atoms with Crippen LogP contribution in [0.15, 0.2) is 12.3 Å². The third-order valence-electron chi connectivity index (χ3n) is 3.61. The average Bonchev–Trinajstić information content (AvgIpc) is 2.43. The number of hydrogen-bond donors (Lipinski definition) is 1. The quantitative estimate of drug-likeness (QED) is 0.920. The second-order valence-corrected chi connectivity index (χ2v) is 5.46. The van der Waals surface area contributed by atoms with Crippen molar-refractivity contribution in [2.24, 2.45) is 5.92 Å². The number of pyridine rings is 1. The van der Waals surface area contributed by atoms with E-state index in [1.54, 1.807) is 12.3 Å². The Labute approximate surface area is 119 Å². The normalized spacial score (nSPS) is 17.1. The van der Waals surface area contributed by atoms with Gasteiger partial charge in [-0.25, -0.2) is 4.98 Å². The highest BCUT2D eigenvalue weighted by Gasteiger charge is 2.15. The van der Waals surface area contributed by atoms with Gasteiger partial charge in [0.25, 0.3) is 0 Å². The predicted molar refractivity (Wildman–Crippen MR) is 77.3 cm³/mol. The Kier molecular flexibility index (Phi) is 5.00. The lowest BCUT2D eigenvalue weighted by atomic mass is 9.99. The molecule has 1 aromatic rings. The largest absolute Gasteiger partial charge is 0.368 e. The van der Waals surface area contributed by atoms with Crippen LogP contribution >= 0.6 is 11.6 Å². The van der Waals surface area contributed by atoms with Crippen LogP contribution in [0.4, 0.5) is 5.82 Å². The molecule has 102 valence electrons. The molecule has 0 bridgehead atoms. The Morgan fingerprint density at radius 2 is 2.26 bits per heavy atom. The Balaban J connectivity index is 1.81. The number of piperidine rings is 1. The Bertz CT molecular complexity index is 461. The maximum atomic E-state index is 8.90. The van der Waals surface area contributed by atoms with Crippen molar-refractivity contribution < 1.29 is 0 Å². The second-order valence-electron chi connectivity index (χ2n) is 5.08. The minimum Gasteiger partial charge on any atom is -0.368 e. The second kappa shape index (κ2) is 6.74. The zero-order valence-electron chi connectivity index (χ0n) is 11.2. The first-order valence-corrected chi connectivity index (χ1v) is 7.09. The molecule has 1 saturated heterocycles. The van der Waals surface area contributed by atoms with Crippen LogP contribution in [0.3, 0.4) is 0 Å². The van der Waals surface area contributed by atoms with Gasteiger partial charge in [-0.05, 0) is 37.9 Å². The fourth-order valence-electron chi connectivity index (χ4n) is 2.27. The first kappa shape index (κ1) is 14.1. The summed E-state index contributed by atoms with van der Waals surface area (Å²) >= 11 is 6.09. The van der Waals surface area contributed by atoms with Gasteiger partial charge in [-0.15, -0.1) is 0 Å². The molecule has 0 amide bonds. The van der Waals surface area contributed by atoms with Gasteiger partial charge in [0.2, 0.25) is 0 Å². The van der Waals surface area contributed by atoms with Gasteiger partial charge in [0.1, 0.15) is 16.9 Å². The molecule has 19 heavy (non-hydrogen) atoms. The van der Waals surface area contributed by atoms with E-state index >= 15 is 0 Å². The zero-order valence-corrected chi connectivity index (χ0v) is 12.0. The van der Waals surface area contributed by atoms with E-state index in [2.05, 4.69) is 28.2 Å². The van der Waals surface area contributed by atoms with E-state index in [0.29, 0.717) is 16.4 Å². The van der Waals surface area contributed by atoms with Crippen LogP contribution in [0.2, 0.25) is 5.02 Å². The van der Waals surface area contributed by atoms with Crippen LogP contribution in [-0.4, -0.2) is 36.1 Å². The zero-order chi connectivity index (χ0) is 13.7. The highest BCUT2D eigenvalue weighted by atomic mass is 35.5. The minimum absolute atomic E-state index is 0.414. The molecule has 1 aliphatic heterocycles. The van der Waals surface area contributed by atoms with Crippen LogP contribution in [-0.2, 0) is 0 Å². The van der Waals surface area contributed by atoms with Crippen molar-refractivity contribution in [3.8, 4) is 6.07 Å². The summed E-state index contributed by atoms with van der Waals surface area (Å²) in [6.07, 6.45) is 4.17. The topological polar surface area (TPSA) is 52.0 Å². The van der Waals surface area contributed by atoms with Crippen LogP contribution in [0.5, 0.6) is 0 Å². The summed E-state index contributed by atoms with van der Waals surface area (Å²) in [5.41, 5.74) is 0.464. The van der Waals surface area contributed by atoms with E-state index in [-0.39, 0.29) is 0 Å². The summed E-state index contributed by atoms with van der Waals surface area (Å²) < 4.78 is 0. The average molecular weight is 279 g/mol. The first-order chi connectivity index (χ1) is 9.20. The molecule has 1 N–H and O–H groups in total. The van der Waals surface area contributed by atoms with Crippen molar-refractivity contribution in [2.75, 3.05) is 31.5 Å². The molecule has 0 spiro atoms. The summed E-state index contributed by atoms with van der Waals surface area (Å²) in [6, 6.07) is 3.68. The van der Waals surface area contributed by atoms with E-state index < -0.39 is 0 Å². The fourth-order valence-corrected chi connectivity index (χ4v) is 2.49. The van der Waals surface area contributed by atoms with Gasteiger partial charge in [-0.3, -0.25) is 0 Å². The van der Waals surface area contributed by atoms with Gasteiger partial charge in [0.15, 0.2) is 0 Å². The maximum Gasteiger partial charge on any atom is 0.146 e. The lowest BCUT2D eigenvalue weighted by Crippen LogP contribution is -2.36. The first-order valence-electron chi connectivity index (χ1n) is 6.71. The Hall–Kier alpha value is -1.31. The summed E-state index contributed by atoms with van der Waals surface area (Å²) in [5, 5.41) is 12.5. The number of anilines is 1. The van der Waals surface area contributed by atoms with E-state index in [0.717, 1.165) is 19.0 Å². The number of halogens is 1. The number of rotatable bonds is 4. The van der Waals surface area contributed by atoms with Crippen molar-refractivity contribution >= 4 is 17.4 Å². The molecule has 5 heteroatoms. The van der Waals surface area contributed by atoms with Crippen molar-refractivity contribution in [3.05, 3.63) is 22.8 Å². The van der Waals surface area contributed by atoms with Crippen molar-refractivity contribution in [1.29, 1.82) is 5.26 Å². The molecule has 2 rings (SSSR count). The summed E-state index contributed by atoms with van der Waals surface area (Å²) in [4.78, 5) is 6.62. The monoisotopic (exact) mass is 278 g/mol. The molecule has 0 aromatic carbocycles. The molecule has 1 fully saturated rings. The summed E-state index contributed by atoms with van der Waals surface area (Å²) in [6.45, 7) is 6.44. The molecule has 1 aromatic heterocycles. The lowest BCUT2D eigenvalue weighted by molar-refractivity contribution is 0.199. The van der Waals surface area contributed by atoms with Gasteiger partial charge in [0, 0.05) is 19.3 Å². The van der Waals surface area contributed by atoms with Gasteiger partial charge in [-0.2, -0.15) is 5.26 Å². The Morgan fingerprint density at radius 3 is 2.95 bits per heavy atom. The summed E-state index contributed by atoms with van der Waals surface area (Å²) in [7, 11) is 0. The number of nitriles is 1. The molecule has 0 atom stereocenters. The molecular formula is C14H19ClN4. The van der Waals surface area contributed by atoms with Crippen LogP contribution in [0.1, 0.15) is 25.3 Å². The van der Waals surface area contributed by atoms with Crippen LogP contribution in [0, 0.1) is 17.2 Å². The number of hydrogen-bond acceptors (Lipinski definition) is 4. The van der Waals surface area contributed by atoms with Crippen LogP contribution < -0.4 is 5.32 Å². The molecule has 0 unspecified atom stereocenters. The van der Waals surface area contributed by atoms with Crippen molar-refractivity contribution in [1.82, 2.24) is 9.88 Å². The molecule has 2 heterocycles. The molecule has 0 saturated carbocycles. The number of aromatic nitrogens is 1. The van der Waals surface area contributed by atoms with Gasteiger partial charge in [0.05, 0.1) is 5.56 Å².